The highest BCUT2D eigenvalue weighted by Crippen LogP contribution is 2.53. The standard InChI is InChI=1S/C33H43N5O6S/c1-5-44-29(39)21-38(45(4,42)43)28-19-33(25-12-8-6-11-24(25)28)14-16-37(17-15-33)30(40)27(36-31(41)32(2,3)34)18-22-20-35-26-13-9-7-10-23(22)26/h6-13,20,27-28,35H,5,14-19,21,34H2,1-4H3,(H,36,41)/t27-,28?/m1/s1. The molecule has 4 N–H and O–H groups in total. The predicted molar refractivity (Wildman–Crippen MR) is 172 cm³/mol. The van der Waals surface area contributed by atoms with Gasteiger partial charge in [-0.1, -0.05) is 42.5 Å². The molecule has 12 heteroatoms. The first-order valence-corrected chi connectivity index (χ1v) is 17.2. The van der Waals surface area contributed by atoms with Gasteiger partial charge < -0.3 is 25.7 Å². The first-order valence-electron chi connectivity index (χ1n) is 15.4. The van der Waals surface area contributed by atoms with Crippen molar-refractivity contribution in [2.45, 2.75) is 69.5 Å². The van der Waals surface area contributed by atoms with E-state index >= 15 is 0 Å². The van der Waals surface area contributed by atoms with E-state index in [1.165, 1.54) is 4.31 Å². The molecule has 1 fully saturated rings. The number of rotatable bonds is 10. The average Bonchev–Trinajstić information content (AvgIpc) is 3.54. The summed E-state index contributed by atoms with van der Waals surface area (Å²) in [5.41, 5.74) is 8.35. The van der Waals surface area contributed by atoms with Crippen LogP contribution in [0, 0.1) is 0 Å². The van der Waals surface area contributed by atoms with Crippen LogP contribution >= 0.6 is 0 Å². The van der Waals surface area contributed by atoms with Crippen LogP contribution in [0.3, 0.4) is 0 Å². The Kier molecular flexibility index (Phi) is 9.12. The van der Waals surface area contributed by atoms with Crippen LogP contribution in [0.15, 0.2) is 54.7 Å². The van der Waals surface area contributed by atoms with Gasteiger partial charge in [-0.2, -0.15) is 4.31 Å². The summed E-state index contributed by atoms with van der Waals surface area (Å²) in [5.74, 6) is -1.19. The minimum atomic E-state index is -3.74. The van der Waals surface area contributed by atoms with Crippen LogP contribution in [0.25, 0.3) is 10.9 Å². The number of carbonyl (C=O) groups is 3. The number of esters is 1. The fourth-order valence-electron chi connectivity index (χ4n) is 6.82. The van der Waals surface area contributed by atoms with Gasteiger partial charge in [-0.25, -0.2) is 8.42 Å². The van der Waals surface area contributed by atoms with E-state index in [1.807, 2.05) is 54.7 Å². The summed E-state index contributed by atoms with van der Waals surface area (Å²) >= 11 is 0. The number of nitrogens with two attached hydrogens (primary N) is 1. The van der Waals surface area contributed by atoms with Gasteiger partial charge in [0, 0.05) is 42.0 Å². The molecule has 1 unspecified atom stereocenters. The smallest absolute Gasteiger partial charge is 0.321 e. The van der Waals surface area contributed by atoms with Crippen molar-refractivity contribution in [3.8, 4) is 0 Å². The zero-order chi connectivity index (χ0) is 32.6. The lowest BCUT2D eigenvalue weighted by molar-refractivity contribution is -0.143. The van der Waals surface area contributed by atoms with Crippen molar-refractivity contribution in [3.05, 3.63) is 71.4 Å². The fraction of sp³-hybridized carbons (Fsp3) is 0.485. The molecule has 0 bridgehead atoms. The number of para-hydroxylation sites is 1. The maximum Gasteiger partial charge on any atom is 0.321 e. The second-order valence-electron chi connectivity index (χ2n) is 12.8. The van der Waals surface area contributed by atoms with Crippen molar-refractivity contribution in [2.24, 2.45) is 5.73 Å². The van der Waals surface area contributed by atoms with E-state index in [1.54, 1.807) is 25.7 Å². The van der Waals surface area contributed by atoms with Gasteiger partial charge in [0.2, 0.25) is 21.8 Å². The number of nitrogens with zero attached hydrogens (tertiary/aromatic N) is 2. The molecule has 2 heterocycles. The van der Waals surface area contributed by atoms with Gasteiger partial charge in [0.05, 0.1) is 24.4 Å². The molecule has 1 spiro atoms. The Labute approximate surface area is 264 Å². The second kappa shape index (κ2) is 12.6. The first-order chi connectivity index (χ1) is 21.2. The van der Waals surface area contributed by atoms with Crippen molar-refractivity contribution in [3.63, 3.8) is 0 Å². The molecule has 45 heavy (non-hydrogen) atoms. The lowest BCUT2D eigenvalue weighted by Crippen LogP contribution is -2.58. The monoisotopic (exact) mass is 637 g/mol. The number of carbonyl (C=O) groups excluding carboxylic acids is 3. The van der Waals surface area contributed by atoms with Crippen LogP contribution in [0.4, 0.5) is 0 Å². The van der Waals surface area contributed by atoms with E-state index in [-0.39, 0.29) is 24.5 Å². The molecule has 1 saturated heterocycles. The van der Waals surface area contributed by atoms with Gasteiger partial charge in [0.1, 0.15) is 12.6 Å². The highest BCUT2D eigenvalue weighted by molar-refractivity contribution is 7.88. The molecule has 0 radical (unpaired) electrons. The normalized spacial score (nSPS) is 18.6. The predicted octanol–water partition coefficient (Wildman–Crippen LogP) is 2.76. The number of hydrogen-bond donors (Lipinski definition) is 3. The zero-order valence-electron chi connectivity index (χ0n) is 26.3. The number of sulfonamides is 1. The van der Waals surface area contributed by atoms with Crippen LogP contribution in [-0.4, -0.2) is 84.5 Å². The molecular formula is C33H43N5O6S. The van der Waals surface area contributed by atoms with Crippen LogP contribution in [-0.2, 0) is 41.0 Å². The zero-order valence-corrected chi connectivity index (χ0v) is 27.2. The number of likely N-dealkylation sites (tertiary alicyclic amines) is 1. The number of aromatic amines is 1. The number of fused-ring (bicyclic) bond motifs is 3. The molecule has 242 valence electrons. The lowest BCUT2D eigenvalue weighted by atomic mass is 9.73. The van der Waals surface area contributed by atoms with Crippen molar-refractivity contribution in [2.75, 3.05) is 32.5 Å². The van der Waals surface area contributed by atoms with Gasteiger partial charge in [0.25, 0.3) is 0 Å². The molecule has 1 aliphatic carbocycles. The van der Waals surface area contributed by atoms with Crippen molar-refractivity contribution in [1.29, 1.82) is 0 Å². The Morgan fingerprint density at radius 1 is 1.13 bits per heavy atom. The Balaban J connectivity index is 1.38. The molecule has 3 aromatic rings. The van der Waals surface area contributed by atoms with Gasteiger partial charge >= 0.3 is 5.97 Å². The molecule has 2 aromatic carbocycles. The molecule has 0 saturated carbocycles. The van der Waals surface area contributed by atoms with E-state index in [0.29, 0.717) is 38.8 Å². The maximum atomic E-state index is 14.1. The summed E-state index contributed by atoms with van der Waals surface area (Å²) in [6.45, 7) is 5.57. The largest absolute Gasteiger partial charge is 0.465 e. The number of amides is 2. The Bertz CT molecular complexity index is 1690. The van der Waals surface area contributed by atoms with Gasteiger partial charge in [-0.3, -0.25) is 14.4 Å². The Morgan fingerprint density at radius 2 is 1.80 bits per heavy atom. The topological polar surface area (TPSA) is 155 Å². The number of ether oxygens (including phenoxy) is 1. The van der Waals surface area contributed by atoms with Crippen molar-refractivity contribution < 1.29 is 27.5 Å². The van der Waals surface area contributed by atoms with E-state index in [2.05, 4.69) is 10.3 Å². The summed E-state index contributed by atoms with van der Waals surface area (Å²) in [4.78, 5) is 44.5. The molecule has 2 amide bonds. The fourth-order valence-corrected chi connectivity index (χ4v) is 7.81. The molecule has 2 atom stereocenters. The van der Waals surface area contributed by atoms with E-state index in [0.717, 1.165) is 33.8 Å². The SMILES string of the molecule is CCOC(=O)CN(C1CC2(CCN(C(=O)[C@@H](Cc3c[nH]c4ccccc34)NC(=O)C(C)(C)N)CC2)c2ccccc21)S(C)(=O)=O. The molecule has 5 rings (SSSR count). The van der Waals surface area contributed by atoms with E-state index < -0.39 is 39.5 Å². The van der Waals surface area contributed by atoms with Crippen LogP contribution in [0.5, 0.6) is 0 Å². The minimum absolute atomic E-state index is 0.163. The first kappa shape index (κ1) is 32.6. The van der Waals surface area contributed by atoms with E-state index in [9.17, 15) is 22.8 Å². The van der Waals surface area contributed by atoms with Crippen LogP contribution in [0.1, 0.15) is 62.8 Å². The lowest BCUT2D eigenvalue weighted by Gasteiger charge is -2.42. The van der Waals surface area contributed by atoms with Gasteiger partial charge in [-0.05, 0) is 62.8 Å². The third kappa shape index (κ3) is 6.78. The van der Waals surface area contributed by atoms with Crippen LogP contribution in [0.2, 0.25) is 0 Å². The molecule has 1 aliphatic heterocycles. The second-order valence-corrected chi connectivity index (χ2v) is 14.8. The number of nitrogens with one attached hydrogen (secondary N) is 2. The summed E-state index contributed by atoms with van der Waals surface area (Å²) < 4.78 is 32.2. The average molecular weight is 638 g/mol. The summed E-state index contributed by atoms with van der Waals surface area (Å²) in [6, 6.07) is 14.3. The molecular weight excluding hydrogens is 594 g/mol. The van der Waals surface area contributed by atoms with Crippen LogP contribution < -0.4 is 11.1 Å². The number of hydrogen-bond acceptors (Lipinski definition) is 7. The molecule has 1 aromatic heterocycles. The summed E-state index contributed by atoms with van der Waals surface area (Å²) in [6.07, 6.45) is 5.01. The van der Waals surface area contributed by atoms with Gasteiger partial charge in [-0.15, -0.1) is 0 Å². The van der Waals surface area contributed by atoms with Crippen molar-refractivity contribution >= 4 is 38.7 Å². The summed E-state index contributed by atoms with van der Waals surface area (Å²) in [7, 11) is -3.74. The quantitative estimate of drug-likeness (QED) is 0.289. The number of piperidine rings is 1. The Morgan fingerprint density at radius 3 is 2.47 bits per heavy atom. The Hall–Kier alpha value is -3.74. The third-order valence-electron chi connectivity index (χ3n) is 9.16. The molecule has 11 nitrogen and oxygen atoms in total. The maximum absolute atomic E-state index is 14.1. The molecule has 2 aliphatic rings. The third-order valence-corrected chi connectivity index (χ3v) is 10.4. The highest BCUT2D eigenvalue weighted by Gasteiger charge is 2.49. The number of H-pyrrole nitrogens is 1. The number of aromatic nitrogens is 1. The van der Waals surface area contributed by atoms with E-state index in [4.69, 9.17) is 10.5 Å². The van der Waals surface area contributed by atoms with Gasteiger partial charge in [0.15, 0.2) is 0 Å². The number of benzene rings is 2. The highest BCUT2D eigenvalue weighted by atomic mass is 32.2. The minimum Gasteiger partial charge on any atom is -0.465 e. The summed E-state index contributed by atoms with van der Waals surface area (Å²) in [5, 5.41) is 3.90. The van der Waals surface area contributed by atoms with Crippen molar-refractivity contribution in [1.82, 2.24) is 19.5 Å².